The minimum Gasteiger partial charge on any atom is -0.508 e. The first-order valence-electron chi connectivity index (χ1n) is 19.9. The Morgan fingerprint density at radius 3 is 1.76 bits per heavy atom. The average molecular weight is 770 g/mol. The first-order chi connectivity index (χ1) is 28.6. The van der Waals surface area contributed by atoms with Gasteiger partial charge in [0.15, 0.2) is 0 Å². The van der Waals surface area contributed by atoms with Gasteiger partial charge >= 0.3 is 0 Å². The van der Waals surface area contributed by atoms with E-state index in [0.29, 0.717) is 6.54 Å². The molecule has 0 fully saturated rings. The van der Waals surface area contributed by atoms with Crippen molar-refractivity contribution in [3.63, 3.8) is 0 Å². The number of nitrogens with two attached hydrogens (primary N) is 2. The van der Waals surface area contributed by atoms with Crippen LogP contribution in [0.5, 0.6) is 5.75 Å². The molecule has 0 aliphatic heterocycles. The fourth-order valence-electron chi connectivity index (χ4n) is 8.04. The van der Waals surface area contributed by atoms with Gasteiger partial charge in [0.1, 0.15) is 22.8 Å². The Labute approximate surface area is 345 Å². The maximum Gasteiger partial charge on any atom is 0.135 e. The number of nitrogens with one attached hydrogen (secondary N) is 1. The lowest BCUT2D eigenvalue weighted by molar-refractivity contribution is 0.475. The molecule has 1 aromatic heterocycles. The van der Waals surface area contributed by atoms with Crippen LogP contribution >= 0.6 is 0 Å². The zero-order valence-corrected chi connectivity index (χ0v) is 33.5. The number of phenolic OH excluding ortho intramolecular Hbond substituents is 1. The third kappa shape index (κ3) is 7.89. The lowest BCUT2D eigenvalue weighted by atomic mass is 9.82. The molecule has 5 nitrogen and oxygen atoms in total. The van der Waals surface area contributed by atoms with Crippen molar-refractivity contribution in [2.24, 2.45) is 11.5 Å². The minimum absolute atomic E-state index is 0.0165. The number of hydrogen-bond acceptors (Lipinski definition) is 4. The summed E-state index contributed by atoms with van der Waals surface area (Å²) in [6.07, 6.45) is 0. The number of rotatable bonds is 5. The van der Waals surface area contributed by atoms with E-state index in [1.54, 1.807) is 12.1 Å². The summed E-state index contributed by atoms with van der Waals surface area (Å²) in [5.74, 6) is 0.404. The van der Waals surface area contributed by atoms with E-state index in [1.807, 2.05) is 54.6 Å². The Kier molecular flexibility index (Phi) is 10.7. The van der Waals surface area contributed by atoms with E-state index in [1.165, 1.54) is 27.8 Å². The molecule has 59 heavy (non-hydrogen) atoms. The van der Waals surface area contributed by atoms with Crippen molar-refractivity contribution in [3.05, 3.63) is 210 Å². The van der Waals surface area contributed by atoms with Gasteiger partial charge in [-0.15, -0.1) is 0 Å². The van der Waals surface area contributed by atoms with Crippen LogP contribution in [0.4, 0.5) is 0 Å². The molecule has 0 saturated heterocycles. The van der Waals surface area contributed by atoms with Gasteiger partial charge in [-0.1, -0.05) is 159 Å². The van der Waals surface area contributed by atoms with Crippen LogP contribution in [0.1, 0.15) is 41.7 Å². The molecule has 1 aliphatic carbocycles. The number of phenols is 1. The van der Waals surface area contributed by atoms with E-state index in [-0.39, 0.29) is 17.0 Å². The summed E-state index contributed by atoms with van der Waals surface area (Å²) in [6, 6.07) is 61.6. The van der Waals surface area contributed by atoms with E-state index in [2.05, 4.69) is 136 Å². The number of amidine groups is 1. The molecule has 9 aromatic rings. The molecule has 290 valence electrons. The Morgan fingerprint density at radius 1 is 0.559 bits per heavy atom. The van der Waals surface area contributed by atoms with Crippen molar-refractivity contribution < 1.29 is 9.52 Å². The highest BCUT2D eigenvalue weighted by atomic mass is 16.3. The number of furan rings is 1. The van der Waals surface area contributed by atoms with Crippen LogP contribution in [-0.4, -0.2) is 10.9 Å². The van der Waals surface area contributed by atoms with Crippen LogP contribution in [0.3, 0.4) is 0 Å². The van der Waals surface area contributed by atoms with Gasteiger partial charge in [0, 0.05) is 28.3 Å². The second kappa shape index (κ2) is 16.3. The Morgan fingerprint density at radius 2 is 1.14 bits per heavy atom. The number of benzene rings is 8. The molecule has 0 atom stereocenters. The Balaban J connectivity index is 0.000000160. The molecule has 0 saturated carbocycles. The smallest absolute Gasteiger partial charge is 0.135 e. The predicted molar refractivity (Wildman–Crippen MR) is 246 cm³/mol. The first kappa shape index (κ1) is 38.7. The highest BCUT2D eigenvalue weighted by molar-refractivity contribution is 6.08. The molecule has 1 aliphatic rings. The van der Waals surface area contributed by atoms with Crippen LogP contribution in [0.15, 0.2) is 186 Å². The van der Waals surface area contributed by atoms with E-state index >= 15 is 0 Å². The molecule has 0 spiro atoms. The largest absolute Gasteiger partial charge is 0.508 e. The van der Waals surface area contributed by atoms with E-state index in [4.69, 9.17) is 21.3 Å². The predicted octanol–water partition coefficient (Wildman–Crippen LogP) is 13.0. The zero-order chi connectivity index (χ0) is 41.1. The quantitative estimate of drug-likeness (QED) is 0.103. The van der Waals surface area contributed by atoms with Crippen molar-refractivity contribution in [3.8, 4) is 50.3 Å². The molecule has 0 radical (unpaired) electrons. The minimum atomic E-state index is -0.0165. The summed E-state index contributed by atoms with van der Waals surface area (Å²) >= 11 is 0. The molecular formula is C54H47N3O2. The van der Waals surface area contributed by atoms with Crippen molar-refractivity contribution in [2.75, 3.05) is 0 Å². The molecule has 10 rings (SSSR count). The third-order valence-electron chi connectivity index (χ3n) is 11.3. The van der Waals surface area contributed by atoms with Crippen LogP contribution in [0, 0.1) is 12.3 Å². The molecule has 0 unspecified atom stereocenters. The highest BCUT2D eigenvalue weighted by Crippen LogP contribution is 2.48. The van der Waals surface area contributed by atoms with Gasteiger partial charge in [-0.05, 0) is 111 Å². The molecule has 8 aromatic carbocycles. The van der Waals surface area contributed by atoms with Gasteiger partial charge in [0.05, 0.1) is 0 Å². The third-order valence-corrected chi connectivity index (χ3v) is 11.3. The van der Waals surface area contributed by atoms with Crippen molar-refractivity contribution in [2.45, 2.75) is 32.7 Å². The molecule has 6 N–H and O–H groups in total. The number of nitrogen functional groups attached to an aromatic ring is 1. The molecule has 5 heteroatoms. The maximum absolute atomic E-state index is 9.57. The van der Waals surface area contributed by atoms with Crippen LogP contribution in [-0.2, 0) is 12.0 Å². The number of aromatic hydroxyl groups is 1. The second-order valence-corrected chi connectivity index (χ2v) is 15.5. The van der Waals surface area contributed by atoms with Gasteiger partial charge in [0.25, 0.3) is 0 Å². The summed E-state index contributed by atoms with van der Waals surface area (Å²) in [5.41, 5.74) is 28.5. The summed E-state index contributed by atoms with van der Waals surface area (Å²) in [7, 11) is 0. The fraction of sp³-hybridized carbons (Fsp3) is 0.0926. The Bertz CT molecular complexity index is 2930. The van der Waals surface area contributed by atoms with E-state index in [9.17, 15) is 5.11 Å². The monoisotopic (exact) mass is 769 g/mol. The van der Waals surface area contributed by atoms with Gasteiger partial charge in [0.2, 0.25) is 0 Å². The standard InChI is InChI=1S/C31H23NO2.C16H16N2.C7H8/c32-19-26-5-2-6-30-31(26)28-18-25(13-16-29(28)34-30)21-9-7-20(8-10-21)23-3-1-4-24(17-23)22-11-14-27(33)15-12-22;1-16(2)13-6-4-3-5-11(13)12-8-7-10(15(17)18)9-14(12)16;1-7-5-3-2-4-6-7/h1-18,33H,19,32H2;3-9H,1-2H3,(H3,17,18);2-6H,1H3. The van der Waals surface area contributed by atoms with Crippen LogP contribution in [0.2, 0.25) is 0 Å². The summed E-state index contributed by atoms with van der Waals surface area (Å²) in [6.45, 7) is 7.01. The maximum atomic E-state index is 9.57. The van der Waals surface area contributed by atoms with Crippen molar-refractivity contribution >= 4 is 27.8 Å². The molecule has 0 amide bonds. The molecule has 1 heterocycles. The Hall–Kier alpha value is -7.21. The van der Waals surface area contributed by atoms with Crippen molar-refractivity contribution in [1.29, 1.82) is 5.41 Å². The topological polar surface area (TPSA) is 109 Å². The summed E-state index contributed by atoms with van der Waals surface area (Å²) < 4.78 is 6.05. The molecular weight excluding hydrogens is 723 g/mol. The normalized spacial score (nSPS) is 12.1. The number of hydrogen-bond donors (Lipinski definition) is 4. The lowest BCUT2D eigenvalue weighted by Gasteiger charge is -2.21. The van der Waals surface area contributed by atoms with Gasteiger partial charge < -0.3 is 21.0 Å². The average Bonchev–Trinajstić information content (AvgIpc) is 3.76. The SMILES string of the molecule is CC1(C)c2ccccc2-c2ccc(C(=N)N)cc21.Cc1ccccc1.NCc1cccc2oc3ccc(-c4ccc(-c5cccc(-c6ccc(O)cc6)c5)cc4)cc3c12. The zero-order valence-electron chi connectivity index (χ0n) is 33.5. The van der Waals surface area contributed by atoms with Crippen LogP contribution in [0.25, 0.3) is 66.4 Å². The lowest BCUT2D eigenvalue weighted by Crippen LogP contribution is -2.17. The first-order valence-corrected chi connectivity index (χ1v) is 19.9. The number of aryl methyl sites for hydroxylation is 1. The second-order valence-electron chi connectivity index (χ2n) is 15.5. The fourth-order valence-corrected chi connectivity index (χ4v) is 8.04. The van der Waals surface area contributed by atoms with Crippen molar-refractivity contribution in [1.82, 2.24) is 0 Å². The summed E-state index contributed by atoms with van der Waals surface area (Å²) in [4.78, 5) is 0. The van der Waals surface area contributed by atoms with E-state index in [0.717, 1.165) is 66.4 Å². The van der Waals surface area contributed by atoms with Gasteiger partial charge in [-0.2, -0.15) is 0 Å². The molecule has 0 bridgehead atoms. The van der Waals surface area contributed by atoms with Gasteiger partial charge in [-0.25, -0.2) is 0 Å². The number of fused-ring (bicyclic) bond motifs is 6. The van der Waals surface area contributed by atoms with Crippen LogP contribution < -0.4 is 11.5 Å². The summed E-state index contributed by atoms with van der Waals surface area (Å²) in [5, 5.41) is 19.3. The highest BCUT2D eigenvalue weighted by Gasteiger charge is 2.35. The van der Waals surface area contributed by atoms with Gasteiger partial charge in [-0.3, -0.25) is 5.41 Å². The van der Waals surface area contributed by atoms with E-state index < -0.39 is 0 Å².